The Hall–Kier alpha value is -2.76. The van der Waals surface area contributed by atoms with Crippen LogP contribution in [0, 0.1) is 17.2 Å². The maximum absolute atomic E-state index is 12.9. The van der Waals surface area contributed by atoms with Crippen LogP contribution in [0.15, 0.2) is 29.3 Å². The number of hydrazine groups is 1. The number of amides is 1. The molecule has 1 aliphatic carbocycles. The third-order valence-electron chi connectivity index (χ3n) is 5.73. The Labute approximate surface area is 163 Å². The highest BCUT2D eigenvalue weighted by Crippen LogP contribution is 2.38. The zero-order valence-electron chi connectivity index (χ0n) is 16.0. The largest absolute Gasteiger partial charge is 0.447 e. The molecule has 4 rings (SSSR count). The summed E-state index contributed by atoms with van der Waals surface area (Å²) in [5, 5.41) is 12.3. The lowest BCUT2D eigenvalue weighted by molar-refractivity contribution is 0.0908. The van der Waals surface area contributed by atoms with Gasteiger partial charge in [0.2, 0.25) is 0 Å². The zero-order chi connectivity index (χ0) is 19.7. The molecule has 2 fully saturated rings. The van der Waals surface area contributed by atoms with Gasteiger partial charge in [-0.25, -0.2) is 15.4 Å². The minimum Gasteiger partial charge on any atom is -0.447 e. The summed E-state index contributed by atoms with van der Waals surface area (Å²) < 4.78 is 5.48. The average molecular weight is 380 g/mol. The predicted molar refractivity (Wildman–Crippen MR) is 101 cm³/mol. The van der Waals surface area contributed by atoms with Crippen molar-refractivity contribution in [2.75, 3.05) is 0 Å². The van der Waals surface area contributed by atoms with E-state index in [0.717, 1.165) is 30.6 Å². The number of hydrogen-bond acceptors (Lipinski definition) is 7. The van der Waals surface area contributed by atoms with E-state index in [2.05, 4.69) is 32.2 Å². The first-order valence-electron chi connectivity index (χ1n) is 9.67. The molecule has 2 aromatic heterocycles. The molecule has 1 aliphatic heterocycles. The molecule has 8 heteroatoms. The molecule has 28 heavy (non-hydrogen) atoms. The summed E-state index contributed by atoms with van der Waals surface area (Å²) in [5.41, 5.74) is 8.33. The molecule has 0 bridgehead atoms. The normalized spacial score (nSPS) is 26.6. The Morgan fingerprint density at radius 3 is 2.93 bits per heavy atom. The maximum atomic E-state index is 12.9. The number of hydrogen-bond donors (Lipinski definition) is 3. The summed E-state index contributed by atoms with van der Waals surface area (Å²) in [7, 11) is 0. The average Bonchev–Trinajstić information content (AvgIpc) is 3.36. The van der Waals surface area contributed by atoms with E-state index in [1.807, 2.05) is 13.8 Å². The van der Waals surface area contributed by atoms with E-state index >= 15 is 0 Å². The van der Waals surface area contributed by atoms with Crippen molar-refractivity contribution < 1.29 is 9.21 Å². The van der Waals surface area contributed by atoms with Crippen LogP contribution in [-0.4, -0.2) is 28.0 Å². The van der Waals surface area contributed by atoms with Gasteiger partial charge < -0.3 is 9.73 Å². The van der Waals surface area contributed by atoms with Gasteiger partial charge in [-0.1, -0.05) is 13.8 Å². The van der Waals surface area contributed by atoms with Crippen LogP contribution >= 0.6 is 0 Å². The van der Waals surface area contributed by atoms with E-state index in [0.29, 0.717) is 23.2 Å². The van der Waals surface area contributed by atoms with Crippen LogP contribution in [0.2, 0.25) is 0 Å². The monoisotopic (exact) mass is 380 g/mol. The number of fused-ring (bicyclic) bond motifs is 1. The number of pyridine rings is 1. The molecule has 4 atom stereocenters. The number of carbonyl (C=O) groups excluding carboxylic acids is 1. The molecule has 1 saturated heterocycles. The summed E-state index contributed by atoms with van der Waals surface area (Å²) in [5.74, 6) is 1.05. The second kappa shape index (κ2) is 7.70. The SMILES string of the molecule is CC(C)c1cc(C#N)cnc1C(=O)NC1CCC2NNC(c3cnco3)C2C1. The highest BCUT2D eigenvalue weighted by molar-refractivity contribution is 5.94. The fraction of sp³-hybridized carbons (Fsp3) is 0.500. The summed E-state index contributed by atoms with van der Waals surface area (Å²) in [6, 6.07) is 4.31. The lowest BCUT2D eigenvalue weighted by Crippen LogP contribution is -2.44. The van der Waals surface area contributed by atoms with E-state index < -0.39 is 0 Å². The first-order valence-corrected chi connectivity index (χ1v) is 9.67. The molecular weight excluding hydrogens is 356 g/mol. The molecule has 146 valence electrons. The summed E-state index contributed by atoms with van der Waals surface area (Å²) >= 11 is 0. The number of nitriles is 1. The van der Waals surface area contributed by atoms with Gasteiger partial charge in [0.05, 0.1) is 17.8 Å². The van der Waals surface area contributed by atoms with Crippen LogP contribution in [-0.2, 0) is 0 Å². The summed E-state index contributed by atoms with van der Waals surface area (Å²) in [6.45, 7) is 4.00. The third kappa shape index (κ3) is 3.51. The number of aromatic nitrogens is 2. The topological polar surface area (TPSA) is 116 Å². The Balaban J connectivity index is 1.48. The molecule has 0 radical (unpaired) electrons. The minimum absolute atomic E-state index is 0.0477. The van der Waals surface area contributed by atoms with Gasteiger partial charge in [-0.15, -0.1) is 0 Å². The van der Waals surface area contributed by atoms with Gasteiger partial charge in [0.25, 0.3) is 5.91 Å². The number of rotatable bonds is 4. The molecule has 4 unspecified atom stereocenters. The predicted octanol–water partition coefficient (Wildman–Crippen LogP) is 2.18. The molecule has 3 heterocycles. The molecule has 0 spiro atoms. The number of nitrogens with one attached hydrogen (secondary N) is 3. The smallest absolute Gasteiger partial charge is 0.270 e. The van der Waals surface area contributed by atoms with Crippen molar-refractivity contribution in [3.8, 4) is 6.07 Å². The summed E-state index contributed by atoms with van der Waals surface area (Å²) in [4.78, 5) is 21.2. The van der Waals surface area contributed by atoms with E-state index in [-0.39, 0.29) is 23.9 Å². The molecule has 3 N–H and O–H groups in total. The second-order valence-electron chi connectivity index (χ2n) is 7.85. The van der Waals surface area contributed by atoms with Gasteiger partial charge >= 0.3 is 0 Å². The lowest BCUT2D eigenvalue weighted by atomic mass is 9.78. The van der Waals surface area contributed by atoms with E-state index in [1.54, 1.807) is 12.3 Å². The van der Waals surface area contributed by atoms with Gasteiger partial charge in [-0.05, 0) is 36.8 Å². The lowest BCUT2D eigenvalue weighted by Gasteiger charge is -2.33. The number of carbonyl (C=O) groups is 1. The number of nitrogens with zero attached hydrogens (tertiary/aromatic N) is 3. The fourth-order valence-corrected chi connectivity index (χ4v) is 4.28. The van der Waals surface area contributed by atoms with E-state index in [4.69, 9.17) is 9.68 Å². The quantitative estimate of drug-likeness (QED) is 0.744. The first-order chi connectivity index (χ1) is 13.6. The van der Waals surface area contributed by atoms with Crippen LogP contribution in [0.4, 0.5) is 0 Å². The Morgan fingerprint density at radius 2 is 2.21 bits per heavy atom. The van der Waals surface area contributed by atoms with Crippen molar-refractivity contribution >= 4 is 5.91 Å². The molecule has 0 aromatic carbocycles. The van der Waals surface area contributed by atoms with Gasteiger partial charge in [-0.3, -0.25) is 10.2 Å². The van der Waals surface area contributed by atoms with Crippen molar-refractivity contribution in [3.63, 3.8) is 0 Å². The Morgan fingerprint density at radius 1 is 1.36 bits per heavy atom. The Kier molecular flexibility index (Phi) is 5.11. The standard InChI is InChI=1S/C20H24N6O2/c1-11(2)14-5-12(7-21)8-23-19(14)20(27)24-13-3-4-16-15(6-13)18(26-25-16)17-9-22-10-28-17/h5,8-11,13,15-16,18,25-26H,3-4,6H2,1-2H3,(H,24,27). The van der Waals surface area contributed by atoms with Crippen LogP contribution in [0.3, 0.4) is 0 Å². The molecule has 2 aliphatic rings. The van der Waals surface area contributed by atoms with Crippen LogP contribution in [0.25, 0.3) is 0 Å². The Bertz CT molecular complexity index is 889. The van der Waals surface area contributed by atoms with Crippen molar-refractivity contribution in [1.82, 2.24) is 26.1 Å². The van der Waals surface area contributed by atoms with Crippen molar-refractivity contribution in [3.05, 3.63) is 47.4 Å². The van der Waals surface area contributed by atoms with Gasteiger partial charge in [0.1, 0.15) is 17.5 Å². The zero-order valence-corrected chi connectivity index (χ0v) is 16.0. The van der Waals surface area contributed by atoms with E-state index in [1.165, 1.54) is 12.6 Å². The highest BCUT2D eigenvalue weighted by atomic mass is 16.3. The molecule has 2 aromatic rings. The van der Waals surface area contributed by atoms with Crippen molar-refractivity contribution in [1.29, 1.82) is 5.26 Å². The van der Waals surface area contributed by atoms with E-state index in [9.17, 15) is 4.79 Å². The highest BCUT2D eigenvalue weighted by Gasteiger charge is 2.42. The second-order valence-corrected chi connectivity index (χ2v) is 7.85. The first kappa shape index (κ1) is 18.6. The fourth-order valence-electron chi connectivity index (χ4n) is 4.28. The van der Waals surface area contributed by atoms with Gasteiger partial charge in [0.15, 0.2) is 6.39 Å². The van der Waals surface area contributed by atoms with Gasteiger partial charge in [0, 0.05) is 24.2 Å². The maximum Gasteiger partial charge on any atom is 0.270 e. The van der Waals surface area contributed by atoms with Crippen LogP contribution in [0.5, 0.6) is 0 Å². The van der Waals surface area contributed by atoms with Crippen LogP contribution < -0.4 is 16.2 Å². The molecular formula is C20H24N6O2. The third-order valence-corrected chi connectivity index (χ3v) is 5.73. The molecule has 1 amide bonds. The number of oxazole rings is 1. The van der Waals surface area contributed by atoms with Crippen molar-refractivity contribution in [2.24, 2.45) is 5.92 Å². The van der Waals surface area contributed by atoms with Crippen LogP contribution in [0.1, 0.15) is 72.4 Å². The molecule has 8 nitrogen and oxygen atoms in total. The van der Waals surface area contributed by atoms with Gasteiger partial charge in [-0.2, -0.15) is 5.26 Å². The minimum atomic E-state index is -0.174. The van der Waals surface area contributed by atoms with Crippen molar-refractivity contribution in [2.45, 2.75) is 57.2 Å². The summed E-state index contributed by atoms with van der Waals surface area (Å²) in [6.07, 6.45) is 7.34. The molecule has 1 saturated carbocycles.